The van der Waals surface area contributed by atoms with Crippen molar-refractivity contribution in [1.82, 2.24) is 0 Å². The number of fused-ring (bicyclic) bond motifs is 1. The molecule has 0 radical (unpaired) electrons. The van der Waals surface area contributed by atoms with Crippen molar-refractivity contribution in [2.24, 2.45) is 0 Å². The number of ether oxygens (including phenoxy) is 2. The summed E-state index contributed by atoms with van der Waals surface area (Å²) in [5.41, 5.74) is 0.614. The first kappa shape index (κ1) is 12.9. The summed E-state index contributed by atoms with van der Waals surface area (Å²) in [6.45, 7) is 0.115. The van der Waals surface area contributed by atoms with Crippen LogP contribution in [0.25, 0.3) is 0 Å². The Hall–Kier alpha value is -2.15. The average molecular weight is 279 g/mol. The quantitative estimate of drug-likeness (QED) is 0.637. The fourth-order valence-electron chi connectivity index (χ4n) is 2.82. The fourth-order valence-corrected chi connectivity index (χ4v) is 2.82. The number of ketones is 1. The van der Waals surface area contributed by atoms with Gasteiger partial charge in [-0.15, -0.1) is 0 Å². The first-order valence-corrected chi connectivity index (χ1v) is 6.29. The minimum absolute atomic E-state index is 0.0579. The van der Waals surface area contributed by atoms with Gasteiger partial charge in [0.1, 0.15) is 11.9 Å². The van der Waals surface area contributed by atoms with Crippen LogP contribution < -0.4 is 9.47 Å². The molecule has 1 fully saturated rings. The molecule has 2 aliphatic rings. The van der Waals surface area contributed by atoms with E-state index in [2.05, 4.69) is 0 Å². The van der Waals surface area contributed by atoms with Gasteiger partial charge in [-0.05, 0) is 17.7 Å². The molecular weight excluding hydrogens is 266 g/mol. The van der Waals surface area contributed by atoms with Crippen molar-refractivity contribution in [2.75, 3.05) is 6.79 Å². The van der Waals surface area contributed by atoms with Gasteiger partial charge in [-0.3, -0.25) is 14.9 Å². The number of carbonyl (C=O) groups excluding carboxylic acids is 1. The van der Waals surface area contributed by atoms with Crippen molar-refractivity contribution >= 4 is 5.78 Å². The lowest BCUT2D eigenvalue weighted by Crippen LogP contribution is -2.45. The van der Waals surface area contributed by atoms with E-state index in [9.17, 15) is 20.0 Å². The van der Waals surface area contributed by atoms with Crippen LogP contribution in [0.5, 0.6) is 11.5 Å². The number of benzene rings is 1. The topological polar surface area (TPSA) is 98.9 Å². The Balaban J connectivity index is 1.97. The molecule has 0 aromatic heterocycles. The predicted octanol–water partition coefficient (Wildman–Crippen LogP) is 0.868. The van der Waals surface area contributed by atoms with Gasteiger partial charge in [0.15, 0.2) is 11.5 Å². The molecule has 0 amide bonds. The number of aliphatic hydroxyl groups is 1. The highest BCUT2D eigenvalue weighted by Crippen LogP contribution is 2.39. The Morgan fingerprint density at radius 2 is 2.00 bits per heavy atom. The maximum absolute atomic E-state index is 11.6. The van der Waals surface area contributed by atoms with E-state index in [1.807, 2.05) is 0 Å². The third-order valence-electron chi connectivity index (χ3n) is 3.76. The third kappa shape index (κ3) is 2.09. The van der Waals surface area contributed by atoms with Crippen molar-refractivity contribution in [3.8, 4) is 11.5 Å². The lowest BCUT2D eigenvalue weighted by atomic mass is 9.78. The van der Waals surface area contributed by atoms with Crippen LogP contribution in [0.15, 0.2) is 18.2 Å². The highest BCUT2D eigenvalue weighted by molar-refractivity contribution is 5.81. The van der Waals surface area contributed by atoms with Crippen molar-refractivity contribution in [3.63, 3.8) is 0 Å². The van der Waals surface area contributed by atoms with E-state index in [0.29, 0.717) is 17.1 Å². The number of aliphatic hydroxyl groups excluding tert-OH is 1. The highest BCUT2D eigenvalue weighted by atomic mass is 16.7. The first-order chi connectivity index (χ1) is 9.56. The normalized spacial score (nSPS) is 28.4. The Morgan fingerprint density at radius 3 is 2.75 bits per heavy atom. The Labute approximate surface area is 114 Å². The first-order valence-electron chi connectivity index (χ1n) is 6.29. The minimum atomic E-state index is -1.25. The van der Waals surface area contributed by atoms with E-state index >= 15 is 0 Å². The summed E-state index contributed by atoms with van der Waals surface area (Å²) in [6.07, 6.45) is -1.35. The maximum atomic E-state index is 11.6. The van der Waals surface area contributed by atoms with E-state index in [-0.39, 0.29) is 25.4 Å². The third-order valence-corrected chi connectivity index (χ3v) is 3.76. The summed E-state index contributed by atoms with van der Waals surface area (Å²) in [4.78, 5) is 22.3. The van der Waals surface area contributed by atoms with E-state index < -0.39 is 23.0 Å². The average Bonchev–Trinajstić information content (AvgIpc) is 2.84. The van der Waals surface area contributed by atoms with Gasteiger partial charge in [-0.1, -0.05) is 6.07 Å². The molecule has 7 heteroatoms. The number of Topliss-reactive ketones (excluding diaryl/α,β-unsaturated/α-hetero) is 1. The smallest absolute Gasteiger partial charge is 0.246 e. The minimum Gasteiger partial charge on any atom is -0.454 e. The van der Waals surface area contributed by atoms with Crippen LogP contribution in [0.3, 0.4) is 0 Å². The van der Waals surface area contributed by atoms with E-state index in [0.717, 1.165) is 0 Å². The van der Waals surface area contributed by atoms with Crippen LogP contribution in [0.4, 0.5) is 0 Å². The van der Waals surface area contributed by atoms with Crippen LogP contribution in [0.2, 0.25) is 0 Å². The number of nitrogens with zero attached hydrogens (tertiary/aromatic N) is 1. The molecule has 0 bridgehead atoms. The molecular formula is C13H13NO6. The summed E-state index contributed by atoms with van der Waals surface area (Å²) >= 11 is 0. The van der Waals surface area contributed by atoms with Gasteiger partial charge in [0.05, 0.1) is 5.92 Å². The zero-order valence-corrected chi connectivity index (χ0v) is 10.5. The number of hydrogen-bond acceptors (Lipinski definition) is 6. The van der Waals surface area contributed by atoms with Gasteiger partial charge in [-0.25, -0.2) is 0 Å². The van der Waals surface area contributed by atoms with Gasteiger partial charge in [-0.2, -0.15) is 0 Å². The van der Waals surface area contributed by atoms with E-state index in [4.69, 9.17) is 9.47 Å². The van der Waals surface area contributed by atoms with Crippen molar-refractivity contribution in [3.05, 3.63) is 33.9 Å². The lowest BCUT2D eigenvalue weighted by Gasteiger charge is -2.28. The highest BCUT2D eigenvalue weighted by Gasteiger charge is 2.45. The van der Waals surface area contributed by atoms with Gasteiger partial charge >= 0.3 is 0 Å². The van der Waals surface area contributed by atoms with Gasteiger partial charge in [0.25, 0.3) is 0 Å². The van der Waals surface area contributed by atoms with E-state index in [1.165, 1.54) is 0 Å². The standard InChI is InChI=1S/C13H13NO6/c15-8-4-9(13(14(17)18)10(16)5-8)7-1-2-11-12(3-7)20-6-19-11/h1-3,9-10,13,16H,4-6H2. The molecule has 106 valence electrons. The number of nitro groups is 1. The maximum Gasteiger partial charge on any atom is 0.246 e. The Morgan fingerprint density at radius 1 is 1.25 bits per heavy atom. The van der Waals surface area contributed by atoms with Crippen LogP contribution in [0.1, 0.15) is 24.3 Å². The predicted molar refractivity (Wildman–Crippen MR) is 66.3 cm³/mol. The Bertz CT molecular complexity index is 572. The molecule has 1 heterocycles. The monoisotopic (exact) mass is 279 g/mol. The lowest BCUT2D eigenvalue weighted by molar-refractivity contribution is -0.539. The summed E-state index contributed by atoms with van der Waals surface area (Å²) in [5, 5.41) is 21.0. The van der Waals surface area contributed by atoms with Crippen molar-refractivity contribution in [1.29, 1.82) is 0 Å². The molecule has 3 atom stereocenters. The van der Waals surface area contributed by atoms with Crippen LogP contribution in [-0.2, 0) is 4.79 Å². The zero-order valence-electron chi connectivity index (χ0n) is 10.5. The number of rotatable bonds is 2. The fraction of sp³-hybridized carbons (Fsp3) is 0.462. The van der Waals surface area contributed by atoms with Crippen LogP contribution in [0, 0.1) is 10.1 Å². The van der Waals surface area contributed by atoms with Gasteiger partial charge in [0.2, 0.25) is 12.8 Å². The molecule has 1 aromatic rings. The molecule has 1 aliphatic heterocycles. The molecule has 3 rings (SSSR count). The second-order valence-electron chi connectivity index (χ2n) is 5.01. The Kier molecular flexibility index (Phi) is 3.06. The van der Waals surface area contributed by atoms with Crippen molar-refractivity contribution in [2.45, 2.75) is 30.9 Å². The van der Waals surface area contributed by atoms with Crippen LogP contribution >= 0.6 is 0 Å². The molecule has 0 saturated heterocycles. The second-order valence-corrected chi connectivity index (χ2v) is 5.01. The molecule has 20 heavy (non-hydrogen) atoms. The largest absolute Gasteiger partial charge is 0.454 e. The number of carbonyl (C=O) groups is 1. The molecule has 7 nitrogen and oxygen atoms in total. The molecule has 1 N–H and O–H groups in total. The van der Waals surface area contributed by atoms with Crippen LogP contribution in [-0.4, -0.2) is 34.8 Å². The molecule has 1 saturated carbocycles. The molecule has 3 unspecified atom stereocenters. The summed E-state index contributed by atoms with van der Waals surface area (Å²) in [6, 6.07) is 3.82. The summed E-state index contributed by atoms with van der Waals surface area (Å²) < 4.78 is 10.4. The molecule has 1 aromatic carbocycles. The zero-order chi connectivity index (χ0) is 14.3. The van der Waals surface area contributed by atoms with Gasteiger partial charge in [0, 0.05) is 17.8 Å². The number of hydrogen-bond donors (Lipinski definition) is 1. The summed E-state index contributed by atoms with van der Waals surface area (Å²) in [7, 11) is 0. The van der Waals surface area contributed by atoms with Gasteiger partial charge < -0.3 is 14.6 Å². The molecule has 0 spiro atoms. The van der Waals surface area contributed by atoms with E-state index in [1.54, 1.807) is 18.2 Å². The molecule has 1 aliphatic carbocycles. The van der Waals surface area contributed by atoms with Crippen molar-refractivity contribution < 1.29 is 24.3 Å². The SMILES string of the molecule is O=C1CC(O)C([N+](=O)[O-])C(c2ccc3c(c2)OCO3)C1. The summed E-state index contributed by atoms with van der Waals surface area (Å²) in [5.74, 6) is 0.278. The second kappa shape index (κ2) is 4.75.